The van der Waals surface area contributed by atoms with Crippen molar-refractivity contribution in [2.45, 2.75) is 212 Å². The number of nitrogens with one attached hydrogen (secondary N) is 1. The Balaban J connectivity index is 0.00000110. The fraction of sp³-hybridized carbons (Fsp3) is 0.776. The SMILES string of the molecule is COC(=O)CNC(=O)CCC/C=C\CCCCCCC/C=C\CCCCC(C)=O.OCCCCC/C=C\CCCCCCC/C=C\CCCCOC1CCCCO1. The van der Waals surface area contributed by atoms with Gasteiger partial charge in [-0.25, -0.2) is 0 Å². The standard InChI is InChI=1S/C25H46O3.C24H41NO4/c26-22-18-15-13-11-9-7-5-3-1-2-4-6-8-10-12-14-16-19-23-27-25-21-17-20-24-28-25;1-22(26)19-17-15-13-11-9-7-5-3-4-6-8-10-12-14-16-18-20-23(27)25-21-24(28)29-2/h7,9-10,12,25-26H,1-6,8,11,13-24H2;9,11-12,14H,3-8,10,13,15-21H2,1-2H3,(H,25,27)/b9-7-,12-10-;11-9-,14-12-. The Kier molecular flexibility index (Phi) is 44.1. The van der Waals surface area contributed by atoms with Crippen LogP contribution in [0.2, 0.25) is 0 Å². The lowest BCUT2D eigenvalue weighted by molar-refractivity contribution is -0.162. The number of hydrogen-bond acceptors (Lipinski definition) is 7. The molecule has 57 heavy (non-hydrogen) atoms. The molecule has 1 aliphatic rings. The van der Waals surface area contributed by atoms with E-state index in [0.29, 0.717) is 18.8 Å². The second kappa shape index (κ2) is 46.1. The van der Waals surface area contributed by atoms with Crippen molar-refractivity contribution in [1.82, 2.24) is 5.32 Å². The molecule has 1 saturated heterocycles. The first-order valence-electron chi connectivity index (χ1n) is 23.3. The van der Waals surface area contributed by atoms with Gasteiger partial charge in [-0.2, -0.15) is 0 Å². The average molecular weight is 802 g/mol. The molecule has 1 fully saturated rings. The van der Waals surface area contributed by atoms with Crippen LogP contribution in [0.4, 0.5) is 0 Å². The van der Waals surface area contributed by atoms with Crippen LogP contribution >= 0.6 is 0 Å². The quantitative estimate of drug-likeness (QED) is 0.0363. The van der Waals surface area contributed by atoms with E-state index in [9.17, 15) is 14.4 Å². The van der Waals surface area contributed by atoms with Crippen LogP contribution in [0.5, 0.6) is 0 Å². The summed E-state index contributed by atoms with van der Waals surface area (Å²) in [7, 11) is 1.31. The number of unbranched alkanes of at least 4 members (excludes halogenated alkanes) is 20. The Labute approximate surface area is 350 Å². The minimum absolute atomic E-state index is 0.0519. The molecule has 330 valence electrons. The number of carbonyl (C=O) groups is 3. The van der Waals surface area contributed by atoms with Crippen molar-refractivity contribution in [1.29, 1.82) is 0 Å². The van der Waals surface area contributed by atoms with Crippen molar-refractivity contribution in [2.75, 3.05) is 33.5 Å². The number of carbonyl (C=O) groups excluding carboxylic acids is 3. The number of rotatable bonds is 38. The second-order valence-corrected chi connectivity index (χ2v) is 15.5. The summed E-state index contributed by atoms with van der Waals surface area (Å²) < 4.78 is 15.8. The van der Waals surface area contributed by atoms with Gasteiger partial charge in [-0.15, -0.1) is 0 Å². The maximum atomic E-state index is 11.5. The lowest BCUT2D eigenvalue weighted by atomic mass is 10.1. The Hall–Kier alpha value is -2.55. The summed E-state index contributed by atoms with van der Waals surface area (Å²) in [4.78, 5) is 33.2. The van der Waals surface area contributed by atoms with Gasteiger partial charge in [0.25, 0.3) is 0 Å². The molecule has 0 bridgehead atoms. The fourth-order valence-corrected chi connectivity index (χ4v) is 6.37. The number of hydrogen-bond donors (Lipinski definition) is 2. The summed E-state index contributed by atoms with van der Waals surface area (Å²) in [6, 6.07) is 0. The van der Waals surface area contributed by atoms with E-state index in [4.69, 9.17) is 14.6 Å². The van der Waals surface area contributed by atoms with Gasteiger partial charge in [0.2, 0.25) is 5.91 Å². The van der Waals surface area contributed by atoms with Crippen molar-refractivity contribution < 1.29 is 33.7 Å². The lowest BCUT2D eigenvalue weighted by Gasteiger charge is -2.22. The van der Waals surface area contributed by atoms with Crippen LogP contribution in [0.25, 0.3) is 0 Å². The molecule has 0 aromatic heterocycles. The number of Topliss-reactive ketones (excluding diaryl/α,β-unsaturated/α-hetero) is 1. The topological polar surface area (TPSA) is 111 Å². The molecule has 1 amide bonds. The van der Waals surface area contributed by atoms with Gasteiger partial charge in [-0.3, -0.25) is 9.59 Å². The Morgan fingerprint density at radius 3 is 1.46 bits per heavy atom. The van der Waals surface area contributed by atoms with Crippen LogP contribution in [0.3, 0.4) is 0 Å². The largest absolute Gasteiger partial charge is 0.468 e. The highest BCUT2D eigenvalue weighted by Gasteiger charge is 2.13. The molecule has 1 aliphatic heterocycles. The molecular weight excluding hydrogens is 715 g/mol. The summed E-state index contributed by atoms with van der Waals surface area (Å²) in [5.41, 5.74) is 0. The fourth-order valence-electron chi connectivity index (χ4n) is 6.37. The van der Waals surface area contributed by atoms with Gasteiger partial charge < -0.3 is 29.4 Å². The van der Waals surface area contributed by atoms with Gasteiger partial charge in [0.05, 0.1) is 7.11 Å². The van der Waals surface area contributed by atoms with Crippen LogP contribution in [-0.4, -0.2) is 62.5 Å². The van der Waals surface area contributed by atoms with E-state index >= 15 is 0 Å². The molecule has 8 heteroatoms. The van der Waals surface area contributed by atoms with Crippen LogP contribution < -0.4 is 5.32 Å². The lowest BCUT2D eigenvalue weighted by Crippen LogP contribution is -2.29. The number of allylic oxidation sites excluding steroid dienone is 8. The zero-order valence-corrected chi connectivity index (χ0v) is 36.8. The molecule has 0 aromatic rings. The van der Waals surface area contributed by atoms with E-state index in [-0.39, 0.29) is 18.7 Å². The molecule has 0 spiro atoms. The smallest absolute Gasteiger partial charge is 0.325 e. The normalized spacial score (nSPS) is 14.5. The number of ether oxygens (including phenoxy) is 3. The predicted molar refractivity (Wildman–Crippen MR) is 238 cm³/mol. The van der Waals surface area contributed by atoms with Crippen molar-refractivity contribution in [3.63, 3.8) is 0 Å². The van der Waals surface area contributed by atoms with Crippen LogP contribution in [0.15, 0.2) is 48.6 Å². The van der Waals surface area contributed by atoms with E-state index in [1.54, 1.807) is 6.92 Å². The minimum Gasteiger partial charge on any atom is -0.468 e. The molecule has 0 radical (unpaired) electrons. The third-order valence-corrected chi connectivity index (χ3v) is 9.97. The highest BCUT2D eigenvalue weighted by atomic mass is 16.7. The van der Waals surface area contributed by atoms with Crippen molar-refractivity contribution in [3.8, 4) is 0 Å². The molecule has 0 aromatic carbocycles. The first kappa shape index (κ1) is 54.5. The van der Waals surface area contributed by atoms with Crippen molar-refractivity contribution in [2.24, 2.45) is 0 Å². The van der Waals surface area contributed by atoms with Gasteiger partial charge in [0.1, 0.15) is 12.3 Å². The van der Waals surface area contributed by atoms with E-state index in [1.165, 1.54) is 129 Å². The zero-order valence-electron chi connectivity index (χ0n) is 36.8. The number of aliphatic hydroxyl groups excluding tert-OH is 1. The molecule has 1 unspecified atom stereocenters. The zero-order chi connectivity index (χ0) is 41.5. The van der Waals surface area contributed by atoms with Gasteiger partial charge in [0.15, 0.2) is 6.29 Å². The summed E-state index contributed by atoms with van der Waals surface area (Å²) >= 11 is 0. The van der Waals surface area contributed by atoms with Crippen LogP contribution in [0, 0.1) is 0 Å². The van der Waals surface area contributed by atoms with Gasteiger partial charge in [-0.1, -0.05) is 93.6 Å². The Morgan fingerprint density at radius 1 is 0.579 bits per heavy atom. The third kappa shape index (κ3) is 46.0. The minimum atomic E-state index is -0.424. The highest BCUT2D eigenvalue weighted by Crippen LogP contribution is 2.15. The van der Waals surface area contributed by atoms with Crippen molar-refractivity contribution in [3.05, 3.63) is 48.6 Å². The van der Waals surface area contributed by atoms with Crippen LogP contribution in [0.1, 0.15) is 206 Å². The molecule has 2 N–H and O–H groups in total. The number of amides is 1. The van der Waals surface area contributed by atoms with Crippen LogP contribution in [-0.2, 0) is 28.6 Å². The summed E-state index contributed by atoms with van der Waals surface area (Å²) in [6.07, 6.45) is 53.8. The van der Waals surface area contributed by atoms with Gasteiger partial charge in [0, 0.05) is 32.7 Å². The summed E-state index contributed by atoms with van der Waals surface area (Å²) in [5, 5.41) is 11.3. The van der Waals surface area contributed by atoms with E-state index in [0.717, 1.165) is 83.8 Å². The summed E-state index contributed by atoms with van der Waals surface area (Å²) in [5.74, 6) is -0.235. The Bertz CT molecular complexity index is 1020. The average Bonchev–Trinajstić information content (AvgIpc) is 3.22. The van der Waals surface area contributed by atoms with E-state index in [1.807, 2.05) is 0 Å². The first-order chi connectivity index (χ1) is 28.0. The molecule has 1 atom stereocenters. The molecular formula is C49H87NO7. The molecule has 0 saturated carbocycles. The van der Waals surface area contributed by atoms with E-state index in [2.05, 4.69) is 58.7 Å². The number of esters is 1. The van der Waals surface area contributed by atoms with Gasteiger partial charge >= 0.3 is 5.97 Å². The second-order valence-electron chi connectivity index (χ2n) is 15.5. The van der Waals surface area contributed by atoms with Gasteiger partial charge in [-0.05, 0) is 148 Å². The molecule has 1 heterocycles. The number of aliphatic hydroxyl groups is 1. The first-order valence-corrected chi connectivity index (χ1v) is 23.3. The number of ketones is 1. The number of methoxy groups -OCH3 is 1. The molecule has 0 aliphatic carbocycles. The monoisotopic (exact) mass is 802 g/mol. The predicted octanol–water partition coefficient (Wildman–Crippen LogP) is 12.5. The molecule has 1 rings (SSSR count). The third-order valence-electron chi connectivity index (χ3n) is 9.97. The van der Waals surface area contributed by atoms with E-state index < -0.39 is 5.97 Å². The highest BCUT2D eigenvalue weighted by molar-refractivity contribution is 5.81. The molecule has 8 nitrogen and oxygen atoms in total. The maximum Gasteiger partial charge on any atom is 0.325 e. The summed E-state index contributed by atoms with van der Waals surface area (Å²) in [6.45, 7) is 3.66. The van der Waals surface area contributed by atoms with Crippen molar-refractivity contribution >= 4 is 17.7 Å². The Morgan fingerprint density at radius 2 is 1.02 bits per heavy atom. The maximum absolute atomic E-state index is 11.5.